The van der Waals surface area contributed by atoms with E-state index in [1.807, 2.05) is 0 Å². The first-order valence-electron chi connectivity index (χ1n) is 24.9. The fourth-order valence-electron chi connectivity index (χ4n) is 11.5. The van der Waals surface area contributed by atoms with Crippen LogP contribution in [-0.2, 0) is 52.4 Å². The van der Waals surface area contributed by atoms with Crippen molar-refractivity contribution in [1.82, 2.24) is 5.32 Å². The molecule has 2 saturated carbocycles. The second-order valence-corrected chi connectivity index (χ2v) is 20.3. The van der Waals surface area contributed by atoms with Gasteiger partial charge in [0.2, 0.25) is 6.10 Å². The number of benzene rings is 3. The lowest BCUT2D eigenvalue weighted by molar-refractivity contribution is -0.346. The zero-order valence-corrected chi connectivity index (χ0v) is 42.1. The minimum Gasteiger partial charge on any atom is -0.455 e. The van der Waals surface area contributed by atoms with Crippen molar-refractivity contribution in [2.75, 3.05) is 6.61 Å². The summed E-state index contributed by atoms with van der Waals surface area (Å²) >= 11 is 0. The number of aliphatic hydroxyl groups is 2. The molecule has 11 atom stereocenters. The van der Waals surface area contributed by atoms with Crippen molar-refractivity contribution in [3.8, 4) is 0 Å². The van der Waals surface area contributed by atoms with E-state index in [0.29, 0.717) is 12.0 Å². The van der Waals surface area contributed by atoms with Crippen LogP contribution in [0.15, 0.2) is 102 Å². The average molecular weight is 994 g/mol. The highest BCUT2D eigenvalue weighted by molar-refractivity contribution is 5.96. The maximum Gasteiger partial charge on any atom is 0.350 e. The van der Waals surface area contributed by atoms with E-state index in [0.717, 1.165) is 46.0 Å². The number of esters is 5. The third-order valence-corrected chi connectivity index (χ3v) is 15.5. The molecule has 3 N–H and O–H groups in total. The molecule has 1 aliphatic heterocycles. The van der Waals surface area contributed by atoms with Gasteiger partial charge in [-0.2, -0.15) is 0 Å². The standard InChI is InChI=1S/C56H67NO15/c1-8-9-10-11-12-22-29-42(61)70-46(44(36-23-16-13-17-24-36)57-50(63)37-25-18-14-19-26-37)52(65)69-39-31-56(66)49(71-51(64)38-27-20-15-21-28-38)47-54(7,40(60)30-41-55(47,32-67-41)72-35(4)59)48(62)45(68-34(3)58)43(33(39)2)53(56,5)6/h13-21,23-28,39-41,44-47,49,60,66H,8-12,22,29-32H2,1-7H3,(H,57,63)/t39-,40-,41+,44-,45+,46+,47?,49-,54+,55-,56+/m0/s1. The number of ether oxygens (including phenoxy) is 6. The van der Waals surface area contributed by atoms with Gasteiger partial charge in [-0.15, -0.1) is 0 Å². The molecule has 1 saturated heterocycles. The van der Waals surface area contributed by atoms with Crippen LogP contribution in [0, 0.1) is 16.7 Å². The van der Waals surface area contributed by atoms with Gasteiger partial charge in [0.15, 0.2) is 17.5 Å². The molecule has 1 unspecified atom stereocenters. The van der Waals surface area contributed by atoms with E-state index in [1.54, 1.807) is 99.6 Å². The number of amides is 1. The SMILES string of the molecule is CCCCCCCCC(=O)O[C@@H](C(=O)O[C@H]1C[C@@]2(O)[C@@H](OC(=O)c3ccccc3)C3[C@](C)(C(=O)[C@H](OC(C)=O)C(=C1C)C2(C)C)[C@@H](O)C[C@H]1OC[C@@]31OC(C)=O)[C@@H](NC(=O)c1ccccc1)c1ccccc1. The number of carbonyl (C=O) groups excluding carboxylic acids is 7. The Labute approximate surface area is 420 Å². The number of nitrogens with one attached hydrogen (secondary N) is 1. The van der Waals surface area contributed by atoms with Gasteiger partial charge in [-0.3, -0.25) is 24.0 Å². The van der Waals surface area contributed by atoms with Crippen LogP contribution in [0.4, 0.5) is 0 Å². The number of fused-ring (bicyclic) bond motifs is 5. The summed E-state index contributed by atoms with van der Waals surface area (Å²) in [6.45, 7) is 10.1. The molecule has 7 rings (SSSR count). The highest BCUT2D eigenvalue weighted by Crippen LogP contribution is 2.64. The normalized spacial score (nSPS) is 29.0. The van der Waals surface area contributed by atoms with Crippen molar-refractivity contribution in [1.29, 1.82) is 0 Å². The molecule has 3 fully saturated rings. The number of carbonyl (C=O) groups is 7. The van der Waals surface area contributed by atoms with E-state index in [2.05, 4.69) is 12.2 Å². The zero-order valence-electron chi connectivity index (χ0n) is 42.1. The van der Waals surface area contributed by atoms with E-state index in [1.165, 1.54) is 19.1 Å². The van der Waals surface area contributed by atoms with Crippen molar-refractivity contribution < 1.29 is 72.2 Å². The Bertz CT molecular complexity index is 2530. The highest BCUT2D eigenvalue weighted by Gasteiger charge is 2.78. The van der Waals surface area contributed by atoms with Crippen LogP contribution in [0.5, 0.6) is 0 Å². The Hall–Kier alpha value is -6.23. The van der Waals surface area contributed by atoms with Gasteiger partial charge in [-0.25, -0.2) is 9.59 Å². The number of ketones is 1. The first-order valence-corrected chi connectivity index (χ1v) is 24.9. The Morgan fingerprint density at radius 1 is 0.792 bits per heavy atom. The first-order chi connectivity index (χ1) is 34.2. The van der Waals surface area contributed by atoms with Crippen LogP contribution in [0.1, 0.15) is 139 Å². The molecule has 72 heavy (non-hydrogen) atoms. The van der Waals surface area contributed by atoms with Crippen molar-refractivity contribution in [3.63, 3.8) is 0 Å². The number of Topliss-reactive ketones (excluding diaryl/α,β-unsaturated/α-hetero) is 1. The molecule has 16 nitrogen and oxygen atoms in total. The number of unbranched alkanes of at least 4 members (excludes halogenated alkanes) is 5. The molecule has 0 radical (unpaired) electrons. The molecule has 1 amide bonds. The third kappa shape index (κ3) is 10.2. The second-order valence-electron chi connectivity index (χ2n) is 20.3. The number of hydrogen-bond donors (Lipinski definition) is 3. The Kier molecular flexibility index (Phi) is 16.3. The van der Waals surface area contributed by atoms with E-state index in [-0.39, 0.29) is 41.7 Å². The van der Waals surface area contributed by atoms with Gasteiger partial charge >= 0.3 is 29.8 Å². The average Bonchev–Trinajstić information content (AvgIpc) is 3.35. The summed E-state index contributed by atoms with van der Waals surface area (Å²) in [4.78, 5) is 99.7. The Balaban J connectivity index is 1.39. The summed E-state index contributed by atoms with van der Waals surface area (Å²) in [5.74, 6) is -7.54. The van der Waals surface area contributed by atoms with Crippen molar-refractivity contribution in [2.24, 2.45) is 16.7 Å². The summed E-state index contributed by atoms with van der Waals surface area (Å²) in [6.07, 6.45) is -5.35. The maximum atomic E-state index is 15.7. The molecule has 3 aromatic rings. The molecule has 3 aromatic carbocycles. The quantitative estimate of drug-likeness (QED) is 0.0503. The van der Waals surface area contributed by atoms with Crippen LogP contribution < -0.4 is 5.32 Å². The van der Waals surface area contributed by atoms with Gasteiger partial charge < -0.3 is 44.0 Å². The van der Waals surface area contributed by atoms with Gasteiger partial charge in [0.1, 0.15) is 30.0 Å². The zero-order chi connectivity index (χ0) is 52.2. The molecule has 1 heterocycles. The van der Waals surface area contributed by atoms with Gasteiger partial charge in [-0.05, 0) is 61.2 Å². The van der Waals surface area contributed by atoms with Crippen LogP contribution >= 0.6 is 0 Å². The topological polar surface area (TPSA) is 227 Å². The second kappa shape index (κ2) is 21.9. The number of hydrogen-bond acceptors (Lipinski definition) is 15. The van der Waals surface area contributed by atoms with Gasteiger partial charge in [0.25, 0.3) is 5.91 Å². The van der Waals surface area contributed by atoms with Crippen LogP contribution in [0.25, 0.3) is 0 Å². The van der Waals surface area contributed by atoms with Gasteiger partial charge in [0, 0.05) is 44.1 Å². The van der Waals surface area contributed by atoms with Gasteiger partial charge in [-0.1, -0.05) is 120 Å². The van der Waals surface area contributed by atoms with Crippen molar-refractivity contribution >= 4 is 41.5 Å². The fraction of sp³-hybridized carbons (Fsp3) is 0.518. The van der Waals surface area contributed by atoms with Crippen LogP contribution in [0.3, 0.4) is 0 Å². The number of aliphatic hydroxyl groups excluding tert-OH is 1. The minimum absolute atomic E-state index is 0.0102. The maximum absolute atomic E-state index is 15.7. The highest BCUT2D eigenvalue weighted by atomic mass is 16.6. The molecule has 4 aliphatic rings. The largest absolute Gasteiger partial charge is 0.455 e. The van der Waals surface area contributed by atoms with Crippen LogP contribution in [-0.4, -0.2) is 106 Å². The summed E-state index contributed by atoms with van der Waals surface area (Å²) in [5, 5.41) is 29.1. The molecule has 386 valence electrons. The minimum atomic E-state index is -2.43. The predicted octanol–water partition coefficient (Wildman–Crippen LogP) is 7.04. The summed E-state index contributed by atoms with van der Waals surface area (Å²) < 4.78 is 37.0. The summed E-state index contributed by atoms with van der Waals surface area (Å²) in [6, 6.07) is 23.2. The lowest BCUT2D eigenvalue weighted by Crippen LogP contribution is -2.82. The molecule has 16 heteroatoms. The lowest BCUT2D eigenvalue weighted by atomic mass is 9.44. The fourth-order valence-corrected chi connectivity index (χ4v) is 11.5. The predicted molar refractivity (Wildman–Crippen MR) is 260 cm³/mol. The summed E-state index contributed by atoms with van der Waals surface area (Å²) in [7, 11) is 0. The van der Waals surface area contributed by atoms with E-state index in [4.69, 9.17) is 28.4 Å². The monoisotopic (exact) mass is 993 g/mol. The Morgan fingerprint density at radius 3 is 1.97 bits per heavy atom. The molecule has 2 bridgehead atoms. The van der Waals surface area contributed by atoms with Crippen molar-refractivity contribution in [3.05, 3.63) is 119 Å². The Morgan fingerprint density at radius 2 is 1.39 bits per heavy atom. The molecular formula is C56H67NO15. The number of rotatable bonds is 18. The molecular weight excluding hydrogens is 927 g/mol. The smallest absolute Gasteiger partial charge is 0.350 e. The molecule has 3 aliphatic carbocycles. The van der Waals surface area contributed by atoms with Crippen molar-refractivity contribution in [2.45, 2.75) is 160 Å². The van der Waals surface area contributed by atoms with Gasteiger partial charge in [0.05, 0.1) is 29.6 Å². The first kappa shape index (κ1) is 53.6. The lowest BCUT2D eigenvalue weighted by Gasteiger charge is -2.67. The molecule has 0 aromatic heterocycles. The van der Waals surface area contributed by atoms with E-state index in [9.17, 15) is 34.2 Å². The summed E-state index contributed by atoms with van der Waals surface area (Å²) in [5.41, 5.74) is -7.16. The van der Waals surface area contributed by atoms with E-state index < -0.39 is 119 Å². The third-order valence-electron chi connectivity index (χ3n) is 15.5. The van der Waals surface area contributed by atoms with E-state index >= 15 is 9.59 Å². The van der Waals surface area contributed by atoms with Crippen LogP contribution in [0.2, 0.25) is 0 Å². The molecule has 0 spiro atoms.